The first-order valence-corrected chi connectivity index (χ1v) is 13.3. The number of nitrogens with zero attached hydrogens (tertiary/aromatic N) is 1. The van der Waals surface area contributed by atoms with Crippen LogP contribution in [0.5, 0.6) is 0 Å². The summed E-state index contributed by atoms with van der Waals surface area (Å²) in [5.41, 5.74) is 4.28. The molecule has 2 aromatic rings. The molecule has 1 aliphatic heterocycles. The van der Waals surface area contributed by atoms with E-state index in [2.05, 4.69) is 41.2 Å². The topological polar surface area (TPSA) is 96.5 Å². The Bertz CT molecular complexity index is 902. The Morgan fingerprint density at radius 1 is 1.39 bits per heavy atom. The van der Waals surface area contributed by atoms with Crippen molar-refractivity contribution in [2.24, 2.45) is 5.92 Å². The van der Waals surface area contributed by atoms with Gasteiger partial charge in [-0.25, -0.2) is 0 Å². The predicted molar refractivity (Wildman–Crippen MR) is 115 cm³/mol. The molecule has 1 fully saturated rings. The number of benzene rings is 1. The lowest BCUT2D eigenvalue weighted by molar-refractivity contribution is 0.0920. The molecule has 6 nitrogen and oxygen atoms in total. The molecule has 0 bridgehead atoms. The van der Waals surface area contributed by atoms with Crippen molar-refractivity contribution in [1.29, 1.82) is 0 Å². The summed E-state index contributed by atoms with van der Waals surface area (Å²) in [6.07, 6.45) is 8.31. The molecule has 2 aliphatic rings. The Hall–Kier alpha value is -1.06. The lowest BCUT2D eigenvalue weighted by Crippen LogP contribution is -2.51. The minimum absolute atomic E-state index is 0.560. The van der Waals surface area contributed by atoms with E-state index in [-0.39, 0.29) is 0 Å². The summed E-state index contributed by atoms with van der Waals surface area (Å²) in [6.45, 7) is 4.54. The highest BCUT2D eigenvalue weighted by atomic mass is 32.2. The standard InChI is InChI=1S/C19H26N2OS.CH4O3S/c1-3-7-21-11-13(12-23(2)22)8-16-15-5-4-6-17-19(15)14(10-20-17)9-18(16)21;1-5(2,3)4/h4-6,10,13,16,18,20H,3,7-9,11-12H2,1-2H3;1H3,(H,2,3,4)/t13-,16-,18-,23?;/m1./s1. The summed E-state index contributed by atoms with van der Waals surface area (Å²) < 4.78 is 37.6. The Balaban J connectivity index is 0.000000403. The normalized spacial score (nSPS) is 25.7. The van der Waals surface area contributed by atoms with Crippen molar-refractivity contribution in [3.05, 3.63) is 35.5 Å². The van der Waals surface area contributed by atoms with Gasteiger partial charge in [-0.05, 0) is 43.0 Å². The highest BCUT2D eigenvalue weighted by molar-refractivity contribution is 7.90. The Labute approximate surface area is 170 Å². The number of aromatic amines is 1. The molecule has 1 saturated heterocycles. The second-order valence-electron chi connectivity index (χ2n) is 8.03. The minimum atomic E-state index is -3.67. The molecule has 0 saturated carbocycles. The minimum Gasteiger partial charge on any atom is -0.617 e. The Morgan fingerprint density at radius 3 is 2.75 bits per heavy atom. The van der Waals surface area contributed by atoms with Crippen molar-refractivity contribution in [2.45, 2.75) is 38.1 Å². The largest absolute Gasteiger partial charge is 0.617 e. The van der Waals surface area contributed by atoms with Gasteiger partial charge in [-0.1, -0.05) is 30.2 Å². The van der Waals surface area contributed by atoms with Gasteiger partial charge in [0.05, 0.1) is 12.5 Å². The summed E-state index contributed by atoms with van der Waals surface area (Å²) in [6, 6.07) is 7.32. The SMILES string of the molecule is CCCN1C[C@H](C[S+](C)[O-])C[C@@H]2c3cccc4[nH]cc(c34)C[C@H]21.CS(=O)(=O)O. The Morgan fingerprint density at radius 2 is 2.11 bits per heavy atom. The van der Waals surface area contributed by atoms with Crippen molar-refractivity contribution in [3.63, 3.8) is 0 Å². The van der Waals surface area contributed by atoms with Gasteiger partial charge >= 0.3 is 0 Å². The van der Waals surface area contributed by atoms with Crippen LogP contribution in [0, 0.1) is 5.92 Å². The lowest BCUT2D eigenvalue weighted by Gasteiger charge is -2.47. The van der Waals surface area contributed by atoms with E-state index in [9.17, 15) is 13.0 Å². The second kappa shape index (κ2) is 8.75. The van der Waals surface area contributed by atoms with Crippen molar-refractivity contribution in [2.75, 3.05) is 31.4 Å². The molecule has 0 radical (unpaired) electrons. The molecule has 0 amide bonds. The van der Waals surface area contributed by atoms with Crippen LogP contribution in [0.4, 0.5) is 0 Å². The second-order valence-corrected chi connectivity index (χ2v) is 11.0. The van der Waals surface area contributed by atoms with Crippen molar-refractivity contribution in [1.82, 2.24) is 9.88 Å². The van der Waals surface area contributed by atoms with Gasteiger partial charge < -0.3 is 9.54 Å². The molecule has 1 aromatic heterocycles. The van der Waals surface area contributed by atoms with Gasteiger partial charge in [0.25, 0.3) is 10.1 Å². The van der Waals surface area contributed by atoms with Crippen LogP contribution in [0.2, 0.25) is 0 Å². The molecule has 156 valence electrons. The predicted octanol–water partition coefficient (Wildman–Crippen LogP) is 2.79. The van der Waals surface area contributed by atoms with E-state index in [1.165, 1.54) is 34.9 Å². The molecule has 0 spiro atoms. The number of rotatable bonds is 4. The van der Waals surface area contributed by atoms with Crippen LogP contribution in [-0.2, 0) is 27.7 Å². The number of hydrogen-bond acceptors (Lipinski definition) is 4. The first kappa shape index (κ1) is 21.6. The van der Waals surface area contributed by atoms with Crippen molar-refractivity contribution in [3.8, 4) is 0 Å². The van der Waals surface area contributed by atoms with Crippen LogP contribution in [-0.4, -0.2) is 64.8 Å². The van der Waals surface area contributed by atoms with Crippen LogP contribution >= 0.6 is 0 Å². The van der Waals surface area contributed by atoms with E-state index in [0.717, 1.165) is 25.3 Å². The van der Waals surface area contributed by atoms with Crippen LogP contribution < -0.4 is 0 Å². The van der Waals surface area contributed by atoms with E-state index in [0.29, 0.717) is 24.1 Å². The fourth-order valence-corrected chi connectivity index (χ4v) is 5.80. The van der Waals surface area contributed by atoms with Crippen LogP contribution in [0.15, 0.2) is 24.4 Å². The summed E-state index contributed by atoms with van der Waals surface area (Å²) in [4.78, 5) is 6.13. The van der Waals surface area contributed by atoms with Crippen LogP contribution in [0.3, 0.4) is 0 Å². The molecule has 2 N–H and O–H groups in total. The average molecular weight is 427 g/mol. The maximum Gasteiger partial charge on any atom is 0.261 e. The number of hydrogen-bond donors (Lipinski definition) is 2. The highest BCUT2D eigenvalue weighted by Gasteiger charge is 2.41. The third-order valence-electron chi connectivity index (χ3n) is 5.64. The molecule has 28 heavy (non-hydrogen) atoms. The lowest BCUT2D eigenvalue weighted by atomic mass is 9.72. The van der Waals surface area contributed by atoms with Gasteiger partial charge in [0.1, 0.15) is 5.75 Å². The molecule has 1 unspecified atom stereocenters. The fourth-order valence-electron chi connectivity index (χ4n) is 4.90. The molecule has 4 atom stereocenters. The van der Waals surface area contributed by atoms with E-state index in [4.69, 9.17) is 4.55 Å². The Kier molecular flexibility index (Phi) is 6.76. The van der Waals surface area contributed by atoms with E-state index < -0.39 is 21.3 Å². The number of likely N-dealkylation sites (tertiary alicyclic amines) is 1. The molecular formula is C20H30N2O4S2. The summed E-state index contributed by atoms with van der Waals surface area (Å²) in [5, 5.41) is 1.46. The maximum absolute atomic E-state index is 11.8. The monoisotopic (exact) mass is 426 g/mol. The first-order valence-electron chi connectivity index (χ1n) is 9.72. The molecule has 2 heterocycles. The van der Waals surface area contributed by atoms with Crippen molar-refractivity contribution < 1.29 is 17.5 Å². The number of piperidine rings is 1. The first-order chi connectivity index (χ1) is 13.2. The third-order valence-corrected chi connectivity index (χ3v) is 6.58. The maximum atomic E-state index is 11.8. The summed E-state index contributed by atoms with van der Waals surface area (Å²) in [5.74, 6) is 2.00. The van der Waals surface area contributed by atoms with Crippen molar-refractivity contribution >= 4 is 32.2 Å². The van der Waals surface area contributed by atoms with Gasteiger partial charge in [-0.3, -0.25) is 9.45 Å². The van der Waals surface area contributed by atoms with Crippen LogP contribution in [0.1, 0.15) is 36.8 Å². The smallest absolute Gasteiger partial charge is 0.261 e. The molecule has 1 aromatic carbocycles. The van der Waals surface area contributed by atoms with Gasteiger partial charge in [0.2, 0.25) is 0 Å². The van der Waals surface area contributed by atoms with Crippen LogP contribution in [0.25, 0.3) is 10.9 Å². The number of fused-ring (bicyclic) bond motifs is 2. The molecule has 1 aliphatic carbocycles. The van der Waals surface area contributed by atoms with Gasteiger partial charge in [-0.15, -0.1) is 0 Å². The van der Waals surface area contributed by atoms with E-state index in [1.807, 2.05) is 6.26 Å². The highest BCUT2D eigenvalue weighted by Crippen LogP contribution is 2.44. The fraction of sp³-hybridized carbons (Fsp3) is 0.600. The average Bonchev–Trinajstić information content (AvgIpc) is 2.99. The zero-order chi connectivity index (χ0) is 20.5. The van der Waals surface area contributed by atoms with Gasteiger partial charge in [0, 0.05) is 41.5 Å². The zero-order valence-electron chi connectivity index (χ0n) is 16.7. The summed E-state index contributed by atoms with van der Waals surface area (Å²) in [7, 11) is -3.67. The number of nitrogens with one attached hydrogen (secondary N) is 1. The van der Waals surface area contributed by atoms with E-state index >= 15 is 0 Å². The number of H-pyrrole nitrogens is 1. The van der Waals surface area contributed by atoms with Gasteiger partial charge in [0.15, 0.2) is 0 Å². The molecule has 4 rings (SSSR count). The summed E-state index contributed by atoms with van der Waals surface area (Å²) >= 11 is -0.701. The quantitative estimate of drug-likeness (QED) is 0.579. The third kappa shape index (κ3) is 5.10. The molecular weight excluding hydrogens is 396 g/mol. The van der Waals surface area contributed by atoms with E-state index in [1.54, 1.807) is 0 Å². The molecule has 8 heteroatoms. The van der Waals surface area contributed by atoms with Gasteiger partial charge in [-0.2, -0.15) is 8.42 Å². The number of aromatic nitrogens is 1. The zero-order valence-corrected chi connectivity index (χ0v) is 18.4.